The van der Waals surface area contributed by atoms with Crippen molar-refractivity contribution in [1.29, 1.82) is 0 Å². The number of hydrogen-bond acceptors (Lipinski definition) is 4. The zero-order chi connectivity index (χ0) is 11.8. The summed E-state index contributed by atoms with van der Waals surface area (Å²) in [7, 11) is 0. The van der Waals surface area contributed by atoms with E-state index in [0.29, 0.717) is 12.8 Å². The van der Waals surface area contributed by atoms with Crippen LogP contribution in [0.1, 0.15) is 47.0 Å². The smallest absolute Gasteiger partial charge is 0.306 e. The Bertz CT molecular complexity index is 213. The number of rotatable bonds is 6. The highest BCUT2D eigenvalue weighted by molar-refractivity contribution is 5.70. The van der Waals surface area contributed by atoms with Gasteiger partial charge in [0.2, 0.25) is 0 Å². The van der Waals surface area contributed by atoms with E-state index in [-0.39, 0.29) is 18.0 Å². The topological polar surface area (TPSA) is 52.6 Å². The highest BCUT2D eigenvalue weighted by atomic mass is 16.6. The van der Waals surface area contributed by atoms with E-state index in [4.69, 9.17) is 9.47 Å². The Morgan fingerprint density at radius 2 is 1.47 bits per heavy atom. The molecule has 0 N–H and O–H groups in total. The van der Waals surface area contributed by atoms with Crippen molar-refractivity contribution in [3.05, 3.63) is 0 Å². The monoisotopic (exact) mass is 216 g/mol. The van der Waals surface area contributed by atoms with Crippen molar-refractivity contribution in [2.45, 2.75) is 59.2 Å². The summed E-state index contributed by atoms with van der Waals surface area (Å²) in [5, 5.41) is 0. The van der Waals surface area contributed by atoms with Crippen molar-refractivity contribution in [2.75, 3.05) is 0 Å². The van der Waals surface area contributed by atoms with Gasteiger partial charge in [-0.25, -0.2) is 0 Å². The van der Waals surface area contributed by atoms with Crippen LogP contribution in [0.2, 0.25) is 0 Å². The zero-order valence-electron chi connectivity index (χ0n) is 9.91. The SMILES string of the molecule is CCCC(=O)OC(C)C(C)OC(=O)CC. The van der Waals surface area contributed by atoms with Crippen molar-refractivity contribution in [3.8, 4) is 0 Å². The molecule has 0 amide bonds. The molecule has 4 heteroatoms. The molecule has 4 nitrogen and oxygen atoms in total. The molecule has 0 radical (unpaired) electrons. The van der Waals surface area contributed by atoms with Crippen LogP contribution >= 0.6 is 0 Å². The van der Waals surface area contributed by atoms with Crippen LogP contribution < -0.4 is 0 Å². The fraction of sp³-hybridized carbons (Fsp3) is 0.818. The lowest BCUT2D eigenvalue weighted by Gasteiger charge is -2.20. The quantitative estimate of drug-likeness (QED) is 0.638. The molecule has 0 saturated heterocycles. The van der Waals surface area contributed by atoms with Crippen LogP contribution in [-0.2, 0) is 19.1 Å². The largest absolute Gasteiger partial charge is 0.459 e. The van der Waals surface area contributed by atoms with E-state index in [1.54, 1.807) is 20.8 Å². The van der Waals surface area contributed by atoms with Crippen molar-refractivity contribution >= 4 is 11.9 Å². The van der Waals surface area contributed by atoms with Crippen LogP contribution in [-0.4, -0.2) is 24.1 Å². The van der Waals surface area contributed by atoms with Crippen LogP contribution in [0.4, 0.5) is 0 Å². The molecule has 2 unspecified atom stereocenters. The lowest BCUT2D eigenvalue weighted by Crippen LogP contribution is -2.30. The molecule has 0 heterocycles. The van der Waals surface area contributed by atoms with Crippen LogP contribution in [0, 0.1) is 0 Å². The van der Waals surface area contributed by atoms with E-state index < -0.39 is 6.10 Å². The minimum absolute atomic E-state index is 0.246. The number of carbonyl (C=O) groups excluding carboxylic acids is 2. The van der Waals surface area contributed by atoms with E-state index in [1.807, 2.05) is 6.92 Å². The van der Waals surface area contributed by atoms with Gasteiger partial charge in [-0.1, -0.05) is 13.8 Å². The Hall–Kier alpha value is -1.06. The normalized spacial score (nSPS) is 14.1. The predicted molar refractivity (Wildman–Crippen MR) is 56.3 cm³/mol. The van der Waals surface area contributed by atoms with Gasteiger partial charge in [0, 0.05) is 12.8 Å². The van der Waals surface area contributed by atoms with E-state index in [9.17, 15) is 9.59 Å². The second kappa shape index (κ2) is 7.26. The van der Waals surface area contributed by atoms with Gasteiger partial charge in [0.25, 0.3) is 0 Å². The molecule has 2 atom stereocenters. The second-order valence-corrected chi connectivity index (χ2v) is 3.49. The van der Waals surface area contributed by atoms with E-state index in [2.05, 4.69) is 0 Å². The lowest BCUT2D eigenvalue weighted by molar-refractivity contribution is -0.165. The Balaban J connectivity index is 3.92. The summed E-state index contributed by atoms with van der Waals surface area (Å²) >= 11 is 0. The molecule has 0 saturated carbocycles. The molecule has 0 fully saturated rings. The van der Waals surface area contributed by atoms with Crippen LogP contribution in [0.15, 0.2) is 0 Å². The number of esters is 2. The number of ether oxygens (including phenoxy) is 2. The standard InChI is InChI=1S/C11H20O4/c1-5-7-11(13)15-9(4)8(3)14-10(12)6-2/h8-9H,5-7H2,1-4H3. The maximum Gasteiger partial charge on any atom is 0.306 e. The molecule has 0 aromatic rings. The van der Waals surface area contributed by atoms with Gasteiger partial charge in [0.15, 0.2) is 0 Å². The van der Waals surface area contributed by atoms with E-state index in [0.717, 1.165) is 6.42 Å². The maximum absolute atomic E-state index is 11.2. The summed E-state index contributed by atoms with van der Waals surface area (Å²) in [5.74, 6) is -0.523. The summed E-state index contributed by atoms with van der Waals surface area (Å²) in [4.78, 5) is 22.1. The maximum atomic E-state index is 11.2. The Labute approximate surface area is 90.9 Å². The van der Waals surface area contributed by atoms with Crippen molar-refractivity contribution in [1.82, 2.24) is 0 Å². The molecule has 0 aliphatic heterocycles. The van der Waals surface area contributed by atoms with Gasteiger partial charge in [-0.3, -0.25) is 9.59 Å². The fourth-order valence-electron chi connectivity index (χ4n) is 0.953. The predicted octanol–water partition coefficient (Wildman–Crippen LogP) is 2.06. The first-order valence-corrected chi connectivity index (χ1v) is 5.40. The average molecular weight is 216 g/mol. The molecule has 0 aliphatic rings. The second-order valence-electron chi connectivity index (χ2n) is 3.49. The summed E-state index contributed by atoms with van der Waals surface area (Å²) in [5.41, 5.74) is 0. The van der Waals surface area contributed by atoms with E-state index in [1.165, 1.54) is 0 Å². The first kappa shape index (κ1) is 13.9. The molecular formula is C11H20O4. The fourth-order valence-corrected chi connectivity index (χ4v) is 0.953. The minimum atomic E-state index is -0.391. The van der Waals surface area contributed by atoms with Gasteiger partial charge in [-0.05, 0) is 20.3 Å². The van der Waals surface area contributed by atoms with Gasteiger partial charge < -0.3 is 9.47 Å². The third-order valence-electron chi connectivity index (χ3n) is 2.04. The molecule has 0 spiro atoms. The van der Waals surface area contributed by atoms with Crippen molar-refractivity contribution in [2.24, 2.45) is 0 Å². The van der Waals surface area contributed by atoms with Crippen LogP contribution in [0.5, 0.6) is 0 Å². The van der Waals surface area contributed by atoms with Crippen molar-refractivity contribution in [3.63, 3.8) is 0 Å². The lowest BCUT2D eigenvalue weighted by atomic mass is 10.2. The summed E-state index contributed by atoms with van der Waals surface area (Å²) in [6.45, 7) is 7.08. The van der Waals surface area contributed by atoms with Gasteiger partial charge in [-0.2, -0.15) is 0 Å². The van der Waals surface area contributed by atoms with Gasteiger partial charge >= 0.3 is 11.9 Å². The van der Waals surface area contributed by atoms with Gasteiger partial charge in [0.05, 0.1) is 0 Å². The average Bonchev–Trinajstić information content (AvgIpc) is 2.17. The highest BCUT2D eigenvalue weighted by Crippen LogP contribution is 2.06. The third kappa shape index (κ3) is 6.10. The first-order chi connectivity index (χ1) is 7.01. The van der Waals surface area contributed by atoms with Crippen LogP contribution in [0.25, 0.3) is 0 Å². The molecule has 88 valence electrons. The number of carbonyl (C=O) groups is 2. The highest BCUT2D eigenvalue weighted by Gasteiger charge is 2.19. The molecule has 0 aliphatic carbocycles. The summed E-state index contributed by atoms with van der Waals surface area (Å²) in [6, 6.07) is 0. The first-order valence-electron chi connectivity index (χ1n) is 5.40. The van der Waals surface area contributed by atoms with Gasteiger partial charge in [-0.15, -0.1) is 0 Å². The Morgan fingerprint density at radius 3 is 1.87 bits per heavy atom. The Kier molecular flexibility index (Phi) is 6.75. The minimum Gasteiger partial charge on any atom is -0.459 e. The molecule has 0 aromatic carbocycles. The third-order valence-corrected chi connectivity index (χ3v) is 2.04. The molecule has 0 bridgehead atoms. The molecular weight excluding hydrogens is 196 g/mol. The van der Waals surface area contributed by atoms with Gasteiger partial charge in [0.1, 0.15) is 12.2 Å². The Morgan fingerprint density at radius 1 is 1.00 bits per heavy atom. The molecule has 15 heavy (non-hydrogen) atoms. The van der Waals surface area contributed by atoms with Crippen molar-refractivity contribution < 1.29 is 19.1 Å². The molecule has 0 rings (SSSR count). The van der Waals surface area contributed by atoms with Crippen LogP contribution in [0.3, 0.4) is 0 Å². The van der Waals surface area contributed by atoms with E-state index >= 15 is 0 Å². The molecule has 0 aromatic heterocycles. The zero-order valence-corrected chi connectivity index (χ0v) is 9.91. The summed E-state index contributed by atoms with van der Waals surface area (Å²) < 4.78 is 10.1. The summed E-state index contributed by atoms with van der Waals surface area (Å²) in [6.07, 6.45) is 0.714. The number of hydrogen-bond donors (Lipinski definition) is 0.